The van der Waals surface area contributed by atoms with Gasteiger partial charge in [-0.05, 0) is 18.2 Å². The molecule has 0 N–H and O–H groups in total. The number of aliphatic imine (C=N–C) groups is 1. The Hall–Kier alpha value is -2.35. The molecule has 2 heterocycles. The number of para-hydroxylation sites is 2. The summed E-state index contributed by atoms with van der Waals surface area (Å²) in [7, 11) is 0. The van der Waals surface area contributed by atoms with Crippen LogP contribution in [-0.4, -0.2) is 6.21 Å². The van der Waals surface area contributed by atoms with Gasteiger partial charge in [-0.1, -0.05) is 36.4 Å². The average molecular weight is 233 g/mol. The summed E-state index contributed by atoms with van der Waals surface area (Å²) in [5, 5.41) is 0. The first-order chi connectivity index (χ1) is 8.90. The summed E-state index contributed by atoms with van der Waals surface area (Å²) < 4.78 is 5.97. The van der Waals surface area contributed by atoms with Crippen molar-refractivity contribution in [3.8, 4) is 11.5 Å². The Morgan fingerprint density at radius 3 is 2.00 bits per heavy atom. The van der Waals surface area contributed by atoms with E-state index in [0.29, 0.717) is 0 Å². The first-order valence-corrected chi connectivity index (χ1v) is 5.99. The standard InChI is InChI=1S/C16H11NO/c1-3-7-14-12(5-1)16(9-10-17-11-16)13-6-2-4-8-15(13)18-14/h1-11H. The molecule has 0 saturated heterocycles. The summed E-state index contributed by atoms with van der Waals surface area (Å²) in [6, 6.07) is 16.3. The molecule has 2 aromatic carbocycles. The highest BCUT2D eigenvalue weighted by Gasteiger charge is 2.40. The lowest BCUT2D eigenvalue weighted by Crippen LogP contribution is -2.29. The largest absolute Gasteiger partial charge is 0.457 e. The molecule has 0 bridgehead atoms. The first kappa shape index (κ1) is 9.66. The molecule has 2 heteroatoms. The second-order valence-corrected chi connectivity index (χ2v) is 4.56. The van der Waals surface area contributed by atoms with Crippen molar-refractivity contribution >= 4 is 6.21 Å². The van der Waals surface area contributed by atoms with Crippen molar-refractivity contribution in [2.75, 3.05) is 0 Å². The SMILES string of the molecule is C1=CC2(C=N1)c1ccccc1Oc1ccccc12. The molecule has 2 aromatic rings. The Morgan fingerprint density at radius 2 is 1.44 bits per heavy atom. The Balaban J connectivity index is 2.08. The predicted molar refractivity (Wildman–Crippen MR) is 71.4 cm³/mol. The van der Waals surface area contributed by atoms with E-state index >= 15 is 0 Å². The zero-order valence-corrected chi connectivity index (χ0v) is 9.71. The van der Waals surface area contributed by atoms with Gasteiger partial charge in [0.1, 0.15) is 11.5 Å². The van der Waals surface area contributed by atoms with Gasteiger partial charge in [0.25, 0.3) is 0 Å². The molecule has 1 spiro atoms. The average Bonchev–Trinajstić information content (AvgIpc) is 2.90. The van der Waals surface area contributed by atoms with Crippen LogP contribution < -0.4 is 4.74 Å². The van der Waals surface area contributed by atoms with Crippen LogP contribution in [0.3, 0.4) is 0 Å². The molecule has 0 radical (unpaired) electrons. The van der Waals surface area contributed by atoms with Crippen LogP contribution in [0.15, 0.2) is 65.8 Å². The minimum Gasteiger partial charge on any atom is -0.457 e. The van der Waals surface area contributed by atoms with Crippen LogP contribution in [0.1, 0.15) is 11.1 Å². The number of allylic oxidation sites excluding steroid dienone is 1. The van der Waals surface area contributed by atoms with Crippen LogP contribution in [0.5, 0.6) is 11.5 Å². The van der Waals surface area contributed by atoms with Gasteiger partial charge in [0.15, 0.2) is 0 Å². The summed E-state index contributed by atoms with van der Waals surface area (Å²) in [5.74, 6) is 1.82. The highest BCUT2D eigenvalue weighted by atomic mass is 16.5. The van der Waals surface area contributed by atoms with Gasteiger partial charge >= 0.3 is 0 Å². The fourth-order valence-corrected chi connectivity index (χ4v) is 2.74. The maximum atomic E-state index is 5.97. The second-order valence-electron chi connectivity index (χ2n) is 4.56. The fraction of sp³-hybridized carbons (Fsp3) is 0.0625. The van der Waals surface area contributed by atoms with Gasteiger partial charge in [0.2, 0.25) is 0 Å². The molecule has 4 rings (SSSR count). The zero-order chi connectivity index (χ0) is 12.0. The summed E-state index contributed by atoms with van der Waals surface area (Å²) >= 11 is 0. The summed E-state index contributed by atoms with van der Waals surface area (Å²) in [6.45, 7) is 0. The van der Waals surface area contributed by atoms with Crippen LogP contribution in [0.2, 0.25) is 0 Å². The molecular weight excluding hydrogens is 222 g/mol. The third-order valence-electron chi connectivity index (χ3n) is 3.59. The third-order valence-corrected chi connectivity index (χ3v) is 3.59. The van der Waals surface area contributed by atoms with E-state index in [9.17, 15) is 0 Å². The van der Waals surface area contributed by atoms with Crippen LogP contribution in [0, 0.1) is 0 Å². The Labute approximate surface area is 105 Å². The van der Waals surface area contributed by atoms with Crippen molar-refractivity contribution in [1.82, 2.24) is 0 Å². The van der Waals surface area contributed by atoms with Gasteiger partial charge in [-0.2, -0.15) is 0 Å². The summed E-state index contributed by atoms with van der Waals surface area (Å²) in [5.41, 5.74) is 2.05. The number of rotatable bonds is 0. The number of hydrogen-bond acceptors (Lipinski definition) is 2. The summed E-state index contributed by atoms with van der Waals surface area (Å²) in [6.07, 6.45) is 5.99. The molecule has 2 aliphatic heterocycles. The van der Waals surface area contributed by atoms with E-state index in [1.807, 2.05) is 48.8 Å². The molecule has 0 atom stereocenters. The molecule has 86 valence electrons. The van der Waals surface area contributed by atoms with Gasteiger partial charge in [-0.15, -0.1) is 0 Å². The maximum absolute atomic E-state index is 5.97. The van der Waals surface area contributed by atoms with E-state index in [-0.39, 0.29) is 5.41 Å². The molecule has 0 fully saturated rings. The quantitative estimate of drug-likeness (QED) is 0.680. The molecule has 18 heavy (non-hydrogen) atoms. The lowest BCUT2D eigenvalue weighted by atomic mass is 9.74. The molecule has 0 unspecified atom stereocenters. The van der Waals surface area contributed by atoms with Crippen molar-refractivity contribution in [2.24, 2.45) is 4.99 Å². The molecule has 0 amide bonds. The first-order valence-electron chi connectivity index (χ1n) is 5.99. The Kier molecular flexibility index (Phi) is 1.78. The van der Waals surface area contributed by atoms with E-state index in [0.717, 1.165) is 22.6 Å². The molecule has 2 aliphatic rings. The fourth-order valence-electron chi connectivity index (χ4n) is 2.74. The van der Waals surface area contributed by atoms with Crippen molar-refractivity contribution < 1.29 is 4.74 Å². The lowest BCUT2D eigenvalue weighted by molar-refractivity contribution is 0.446. The molecular formula is C16H11NO. The molecule has 0 aliphatic carbocycles. The van der Waals surface area contributed by atoms with Crippen LogP contribution in [-0.2, 0) is 5.41 Å². The van der Waals surface area contributed by atoms with Gasteiger partial charge in [-0.25, -0.2) is 0 Å². The second kappa shape index (κ2) is 3.33. The van der Waals surface area contributed by atoms with Crippen molar-refractivity contribution in [3.05, 3.63) is 71.9 Å². The van der Waals surface area contributed by atoms with Gasteiger partial charge < -0.3 is 4.74 Å². The van der Waals surface area contributed by atoms with E-state index in [2.05, 4.69) is 23.2 Å². The van der Waals surface area contributed by atoms with Crippen LogP contribution in [0.4, 0.5) is 0 Å². The Morgan fingerprint density at radius 1 is 0.833 bits per heavy atom. The highest BCUT2D eigenvalue weighted by molar-refractivity contribution is 5.88. The third kappa shape index (κ3) is 1.10. The number of ether oxygens (including phenoxy) is 1. The minimum atomic E-state index is -0.258. The van der Waals surface area contributed by atoms with Crippen molar-refractivity contribution in [3.63, 3.8) is 0 Å². The topological polar surface area (TPSA) is 21.6 Å². The predicted octanol–water partition coefficient (Wildman–Crippen LogP) is 3.68. The number of benzene rings is 2. The smallest absolute Gasteiger partial charge is 0.132 e. The van der Waals surface area contributed by atoms with Crippen LogP contribution in [0.25, 0.3) is 0 Å². The van der Waals surface area contributed by atoms with Gasteiger partial charge in [-0.3, -0.25) is 4.99 Å². The van der Waals surface area contributed by atoms with Gasteiger partial charge in [0.05, 0.1) is 5.41 Å². The lowest BCUT2D eigenvalue weighted by Gasteiger charge is -2.33. The van der Waals surface area contributed by atoms with Crippen molar-refractivity contribution in [1.29, 1.82) is 0 Å². The molecule has 0 aromatic heterocycles. The normalized spacial score (nSPS) is 17.3. The molecule has 0 saturated carbocycles. The maximum Gasteiger partial charge on any atom is 0.132 e. The van der Waals surface area contributed by atoms with Crippen molar-refractivity contribution in [2.45, 2.75) is 5.41 Å². The Bertz CT molecular complexity index is 626. The number of hydrogen-bond donors (Lipinski definition) is 0. The van der Waals surface area contributed by atoms with E-state index in [4.69, 9.17) is 4.74 Å². The minimum absolute atomic E-state index is 0.258. The van der Waals surface area contributed by atoms with Gasteiger partial charge in [0, 0.05) is 23.5 Å². The monoisotopic (exact) mass is 233 g/mol. The number of fused-ring (bicyclic) bond motifs is 4. The van der Waals surface area contributed by atoms with E-state index in [1.165, 1.54) is 0 Å². The highest BCUT2D eigenvalue weighted by Crippen LogP contribution is 2.48. The van der Waals surface area contributed by atoms with E-state index in [1.54, 1.807) is 0 Å². The van der Waals surface area contributed by atoms with E-state index < -0.39 is 0 Å². The zero-order valence-electron chi connectivity index (χ0n) is 9.71. The summed E-state index contributed by atoms with van der Waals surface area (Å²) in [4.78, 5) is 4.30. The number of nitrogens with zero attached hydrogens (tertiary/aromatic N) is 1. The molecule has 2 nitrogen and oxygen atoms in total. The van der Waals surface area contributed by atoms with Crippen LogP contribution >= 0.6 is 0 Å².